The van der Waals surface area contributed by atoms with Gasteiger partial charge in [-0.3, -0.25) is 4.79 Å². The Bertz CT molecular complexity index is 582. The zero-order valence-electron chi connectivity index (χ0n) is 14.5. The molecule has 6 heteroatoms. The van der Waals surface area contributed by atoms with Gasteiger partial charge in [-0.15, -0.1) is 0 Å². The zero-order chi connectivity index (χ0) is 17.0. The number of amides is 1. The van der Waals surface area contributed by atoms with Gasteiger partial charge in [0.15, 0.2) is 5.11 Å². The lowest BCUT2D eigenvalue weighted by Crippen LogP contribution is -3.12. The number of hydrogen-bond donors (Lipinski definition) is 2. The van der Waals surface area contributed by atoms with Gasteiger partial charge in [0.25, 0.3) is 0 Å². The fraction of sp³-hybridized carbons (Fsp3) is 0.529. The first-order chi connectivity index (χ1) is 10.9. The number of nitrogens with zero attached hydrogens (tertiary/aromatic N) is 2. The molecule has 0 saturated carbocycles. The van der Waals surface area contributed by atoms with Crippen LogP contribution in [0.15, 0.2) is 18.2 Å². The molecule has 23 heavy (non-hydrogen) atoms. The van der Waals surface area contributed by atoms with Gasteiger partial charge in [0, 0.05) is 12.7 Å². The van der Waals surface area contributed by atoms with Gasteiger partial charge in [0.1, 0.15) is 0 Å². The molecule has 1 amide bonds. The van der Waals surface area contributed by atoms with E-state index in [2.05, 4.69) is 37.5 Å². The number of quaternary nitrogens is 1. The van der Waals surface area contributed by atoms with E-state index in [9.17, 15) is 4.79 Å². The van der Waals surface area contributed by atoms with Crippen molar-refractivity contribution in [3.05, 3.63) is 29.3 Å². The highest BCUT2D eigenvalue weighted by atomic mass is 32.1. The van der Waals surface area contributed by atoms with Crippen molar-refractivity contribution < 1.29 is 9.69 Å². The number of likely N-dealkylation sites (N-methyl/N-ethyl adjacent to an activating group) is 2. The monoisotopic (exact) mass is 335 g/mol. The second-order valence-electron chi connectivity index (χ2n) is 6.44. The average molecular weight is 335 g/mol. The van der Waals surface area contributed by atoms with E-state index in [0.717, 1.165) is 37.4 Å². The number of rotatable bonds is 3. The summed E-state index contributed by atoms with van der Waals surface area (Å²) in [5.74, 6) is 0.144. The molecule has 0 radical (unpaired) electrons. The fourth-order valence-electron chi connectivity index (χ4n) is 2.59. The van der Waals surface area contributed by atoms with E-state index in [0.29, 0.717) is 11.7 Å². The quantitative estimate of drug-likeness (QED) is 0.779. The Hall–Kier alpha value is -1.66. The van der Waals surface area contributed by atoms with Crippen LogP contribution >= 0.6 is 12.2 Å². The van der Waals surface area contributed by atoms with Gasteiger partial charge in [0.05, 0.1) is 39.8 Å². The van der Waals surface area contributed by atoms with E-state index in [1.165, 1.54) is 10.5 Å². The van der Waals surface area contributed by atoms with Gasteiger partial charge in [0.2, 0.25) is 5.91 Å². The minimum absolute atomic E-state index is 0.144. The number of hydrogen-bond acceptors (Lipinski definition) is 2. The second-order valence-corrected chi connectivity index (χ2v) is 6.83. The number of aryl methyl sites for hydroxylation is 2. The molecule has 5 nitrogen and oxygen atoms in total. The van der Waals surface area contributed by atoms with Gasteiger partial charge in [-0.05, 0) is 43.3 Å². The molecule has 0 aliphatic carbocycles. The van der Waals surface area contributed by atoms with E-state index < -0.39 is 0 Å². The Morgan fingerprint density at radius 1 is 1.35 bits per heavy atom. The lowest BCUT2D eigenvalue weighted by atomic mass is 10.1. The Balaban J connectivity index is 1.89. The van der Waals surface area contributed by atoms with E-state index in [1.807, 2.05) is 23.8 Å². The smallest absolute Gasteiger partial charge is 0.242 e. The molecule has 1 aliphatic rings. The summed E-state index contributed by atoms with van der Waals surface area (Å²) in [7, 11) is 4.02. The maximum Gasteiger partial charge on any atom is 0.242 e. The number of piperazine rings is 1. The molecule has 126 valence electrons. The molecule has 0 bridgehead atoms. The third kappa shape index (κ3) is 4.91. The number of anilines is 1. The topological polar surface area (TPSA) is 40.0 Å². The summed E-state index contributed by atoms with van der Waals surface area (Å²) in [6.07, 6.45) is 0. The Morgan fingerprint density at radius 2 is 2.00 bits per heavy atom. The van der Waals surface area contributed by atoms with Gasteiger partial charge < -0.3 is 20.0 Å². The summed E-state index contributed by atoms with van der Waals surface area (Å²) in [5.41, 5.74) is 3.32. The van der Waals surface area contributed by atoms with Crippen LogP contribution in [0, 0.1) is 13.8 Å². The first-order valence-electron chi connectivity index (χ1n) is 8.05. The molecule has 1 fully saturated rings. The Kier molecular flexibility index (Phi) is 5.96. The van der Waals surface area contributed by atoms with Gasteiger partial charge >= 0.3 is 0 Å². The van der Waals surface area contributed by atoms with Crippen molar-refractivity contribution in [1.82, 2.24) is 9.80 Å². The van der Waals surface area contributed by atoms with Crippen molar-refractivity contribution in [3.63, 3.8) is 0 Å². The van der Waals surface area contributed by atoms with E-state index in [-0.39, 0.29) is 5.91 Å². The molecular weight excluding hydrogens is 308 g/mol. The van der Waals surface area contributed by atoms with Crippen LogP contribution in [0.3, 0.4) is 0 Å². The van der Waals surface area contributed by atoms with Crippen LogP contribution in [-0.4, -0.2) is 67.6 Å². The van der Waals surface area contributed by atoms with Crippen molar-refractivity contribution >= 4 is 28.9 Å². The summed E-state index contributed by atoms with van der Waals surface area (Å²) < 4.78 is 0. The molecule has 1 aromatic rings. The van der Waals surface area contributed by atoms with Gasteiger partial charge in [-0.1, -0.05) is 12.1 Å². The molecule has 0 spiro atoms. The molecule has 2 N–H and O–H groups in total. The predicted molar refractivity (Wildman–Crippen MR) is 98.0 cm³/mol. The summed E-state index contributed by atoms with van der Waals surface area (Å²) in [6.45, 7) is 8.10. The molecule has 2 rings (SSSR count). The highest BCUT2D eigenvalue weighted by Crippen LogP contribution is 2.16. The lowest BCUT2D eigenvalue weighted by molar-refractivity contribution is -0.883. The van der Waals surface area contributed by atoms with Gasteiger partial charge in [-0.25, -0.2) is 0 Å². The molecule has 0 atom stereocenters. The predicted octanol–water partition coefficient (Wildman–Crippen LogP) is 0.289. The van der Waals surface area contributed by atoms with E-state index >= 15 is 0 Å². The Labute approximate surface area is 144 Å². The second kappa shape index (κ2) is 7.75. The molecule has 1 aromatic carbocycles. The molecule has 0 unspecified atom stereocenters. The summed E-state index contributed by atoms with van der Waals surface area (Å²) >= 11 is 5.44. The first kappa shape index (κ1) is 17.7. The third-order valence-corrected chi connectivity index (χ3v) is 4.74. The van der Waals surface area contributed by atoms with Crippen molar-refractivity contribution in [2.24, 2.45) is 0 Å². The number of nitrogens with one attached hydrogen (secondary N) is 2. The van der Waals surface area contributed by atoms with Crippen LogP contribution in [0.25, 0.3) is 0 Å². The number of benzene rings is 1. The number of carbonyl (C=O) groups excluding carboxylic acids is 1. The normalized spacial score (nSPS) is 15.4. The Morgan fingerprint density at radius 3 is 2.65 bits per heavy atom. The fourth-order valence-corrected chi connectivity index (χ4v) is 2.77. The maximum atomic E-state index is 12.4. The van der Waals surface area contributed by atoms with Crippen molar-refractivity contribution in [3.8, 4) is 0 Å². The van der Waals surface area contributed by atoms with Crippen LogP contribution in [-0.2, 0) is 4.79 Å². The lowest BCUT2D eigenvalue weighted by Gasteiger charge is -2.31. The van der Waals surface area contributed by atoms with Crippen molar-refractivity contribution in [2.75, 3.05) is 52.1 Å². The highest BCUT2D eigenvalue weighted by Gasteiger charge is 2.22. The third-order valence-electron chi connectivity index (χ3n) is 4.32. The maximum absolute atomic E-state index is 12.4. The van der Waals surface area contributed by atoms with Crippen LogP contribution in [0.2, 0.25) is 0 Å². The average Bonchev–Trinajstić information content (AvgIpc) is 2.51. The first-order valence-corrected chi connectivity index (χ1v) is 8.46. The highest BCUT2D eigenvalue weighted by molar-refractivity contribution is 7.80. The number of carbonyl (C=O) groups is 1. The zero-order valence-corrected chi connectivity index (χ0v) is 15.3. The van der Waals surface area contributed by atoms with Gasteiger partial charge in [-0.2, -0.15) is 0 Å². The number of thiocarbonyl (C=S) groups is 1. The summed E-state index contributed by atoms with van der Waals surface area (Å²) in [4.78, 5) is 17.6. The summed E-state index contributed by atoms with van der Waals surface area (Å²) in [6, 6.07) is 6.21. The van der Waals surface area contributed by atoms with Crippen LogP contribution in [0.1, 0.15) is 11.1 Å². The minimum Gasteiger partial charge on any atom is -0.343 e. The molecule has 1 heterocycles. The SMILES string of the molecule is Cc1ccc(C)c(NC(=S)N(C)CC(=O)N2CC[NH+](C)CC2)c1. The van der Waals surface area contributed by atoms with Crippen molar-refractivity contribution in [1.29, 1.82) is 0 Å². The summed E-state index contributed by atoms with van der Waals surface area (Å²) in [5, 5.41) is 3.82. The molecular formula is C17H27N4OS+. The van der Waals surface area contributed by atoms with Crippen LogP contribution in [0.4, 0.5) is 5.69 Å². The van der Waals surface area contributed by atoms with Crippen molar-refractivity contribution in [2.45, 2.75) is 13.8 Å². The van der Waals surface area contributed by atoms with Crippen LogP contribution in [0.5, 0.6) is 0 Å². The standard InChI is InChI=1S/C17H26N4OS/c1-13-5-6-14(2)15(11-13)18-17(23)20(4)12-16(22)21-9-7-19(3)8-10-21/h5-6,11H,7-10,12H2,1-4H3,(H,18,23)/p+1. The molecule has 1 saturated heterocycles. The van der Waals surface area contributed by atoms with E-state index in [4.69, 9.17) is 12.2 Å². The van der Waals surface area contributed by atoms with Crippen LogP contribution < -0.4 is 10.2 Å². The molecule has 1 aliphatic heterocycles. The van der Waals surface area contributed by atoms with E-state index in [1.54, 1.807) is 0 Å². The largest absolute Gasteiger partial charge is 0.343 e. The minimum atomic E-state index is 0.144. The molecule has 0 aromatic heterocycles.